The van der Waals surface area contributed by atoms with Crippen molar-refractivity contribution < 1.29 is 19.2 Å². The van der Waals surface area contributed by atoms with Gasteiger partial charge < -0.3 is 9.57 Å². The molecule has 0 radical (unpaired) electrons. The largest absolute Gasteiger partial charge is 0.443 e. The van der Waals surface area contributed by atoms with Crippen LogP contribution in [0, 0.1) is 17.3 Å². The van der Waals surface area contributed by atoms with Crippen molar-refractivity contribution in [3.05, 3.63) is 47.5 Å². The zero-order valence-electron chi connectivity index (χ0n) is 14.5. The second-order valence-corrected chi connectivity index (χ2v) is 7.22. The monoisotopic (exact) mass is 329 g/mol. The number of fused-ring (bicyclic) bond motifs is 1. The highest BCUT2D eigenvalue weighted by atomic mass is 16.7. The number of carbonyl (C=O) groups excluding carboxylic acids is 2. The molecule has 0 spiro atoms. The fourth-order valence-corrected chi connectivity index (χ4v) is 3.88. The molecule has 0 aromatic heterocycles. The lowest BCUT2D eigenvalue weighted by Crippen LogP contribution is -2.55. The molecule has 3 aliphatic carbocycles. The van der Waals surface area contributed by atoms with Crippen LogP contribution < -0.4 is 0 Å². The SMILES string of the molecule is CC1=C[C@@H](OC(=O)N(C)OC(=O)c2ccccc2)[C@@H]2C[C@@H]1C2(C)C. The maximum absolute atomic E-state index is 12.3. The van der Waals surface area contributed by atoms with Crippen LogP contribution in [-0.2, 0) is 9.57 Å². The van der Waals surface area contributed by atoms with Crippen LogP contribution in [-0.4, -0.2) is 30.3 Å². The summed E-state index contributed by atoms with van der Waals surface area (Å²) in [4.78, 5) is 29.3. The van der Waals surface area contributed by atoms with E-state index in [0.717, 1.165) is 11.5 Å². The first-order valence-electron chi connectivity index (χ1n) is 8.20. The number of hydrogen-bond donors (Lipinski definition) is 0. The lowest BCUT2D eigenvalue weighted by atomic mass is 9.48. The molecule has 2 bridgehead atoms. The standard InChI is InChI=1S/C19H23NO4/c1-12-10-16(15-11-14(12)19(15,2)3)23-18(22)20(4)24-17(21)13-8-6-5-7-9-13/h5-10,14-16H,11H2,1-4H3/t14-,15-,16+/m0/s1. The summed E-state index contributed by atoms with van der Waals surface area (Å²) in [5, 5.41) is 0.857. The Labute approximate surface area is 142 Å². The molecule has 1 aromatic rings. The minimum atomic E-state index is -0.658. The fraction of sp³-hybridized carbons (Fsp3) is 0.474. The van der Waals surface area contributed by atoms with Crippen LogP contribution in [0.4, 0.5) is 4.79 Å². The first-order chi connectivity index (χ1) is 11.3. The third-order valence-corrected chi connectivity index (χ3v) is 5.44. The number of ether oxygens (including phenoxy) is 1. The summed E-state index contributed by atoms with van der Waals surface area (Å²) in [5.41, 5.74) is 1.79. The quantitative estimate of drug-likeness (QED) is 0.611. The lowest BCUT2D eigenvalue weighted by Gasteiger charge is -2.58. The van der Waals surface area contributed by atoms with Crippen molar-refractivity contribution in [2.24, 2.45) is 17.3 Å². The van der Waals surface area contributed by atoms with Gasteiger partial charge in [0.1, 0.15) is 6.10 Å². The molecule has 24 heavy (non-hydrogen) atoms. The summed E-state index contributed by atoms with van der Waals surface area (Å²) >= 11 is 0. The van der Waals surface area contributed by atoms with Crippen LogP contribution in [0.1, 0.15) is 37.6 Å². The van der Waals surface area contributed by atoms with Gasteiger partial charge >= 0.3 is 12.1 Å². The molecule has 1 fully saturated rings. The van der Waals surface area contributed by atoms with Crippen molar-refractivity contribution >= 4 is 12.1 Å². The van der Waals surface area contributed by atoms with Gasteiger partial charge in [0, 0.05) is 5.92 Å². The van der Waals surface area contributed by atoms with E-state index in [-0.39, 0.29) is 11.5 Å². The van der Waals surface area contributed by atoms with E-state index in [1.54, 1.807) is 30.3 Å². The number of carbonyl (C=O) groups is 2. The predicted octanol–water partition coefficient (Wildman–Crippen LogP) is 3.82. The van der Waals surface area contributed by atoms with Crippen LogP contribution in [0.15, 0.2) is 42.0 Å². The molecule has 128 valence electrons. The Morgan fingerprint density at radius 2 is 1.88 bits per heavy atom. The molecule has 1 amide bonds. The number of allylic oxidation sites excluding steroid dienone is 1. The smallest absolute Gasteiger partial charge is 0.439 e. The third kappa shape index (κ3) is 2.79. The van der Waals surface area contributed by atoms with Crippen LogP contribution in [0.2, 0.25) is 0 Å². The summed E-state index contributed by atoms with van der Waals surface area (Å²) in [6.45, 7) is 6.51. The molecule has 5 heteroatoms. The van der Waals surface area contributed by atoms with E-state index in [4.69, 9.17) is 9.57 Å². The van der Waals surface area contributed by atoms with Crippen molar-refractivity contribution in [2.75, 3.05) is 7.05 Å². The van der Waals surface area contributed by atoms with E-state index in [0.29, 0.717) is 17.4 Å². The Balaban J connectivity index is 1.61. The van der Waals surface area contributed by atoms with Crippen LogP contribution >= 0.6 is 0 Å². The van der Waals surface area contributed by atoms with Gasteiger partial charge in [-0.15, -0.1) is 5.06 Å². The highest BCUT2D eigenvalue weighted by Crippen LogP contribution is 2.59. The number of hydroxylamine groups is 2. The van der Waals surface area contributed by atoms with Gasteiger partial charge in [0.15, 0.2) is 0 Å². The van der Waals surface area contributed by atoms with Gasteiger partial charge in [0.05, 0.1) is 12.6 Å². The normalized spacial score (nSPS) is 26.7. The van der Waals surface area contributed by atoms with E-state index in [1.807, 2.05) is 6.08 Å². The van der Waals surface area contributed by atoms with Gasteiger partial charge in [-0.3, -0.25) is 0 Å². The van der Waals surface area contributed by atoms with E-state index >= 15 is 0 Å². The van der Waals surface area contributed by atoms with Gasteiger partial charge in [-0.1, -0.05) is 37.6 Å². The molecule has 1 aromatic carbocycles. The fourth-order valence-electron chi connectivity index (χ4n) is 3.88. The van der Waals surface area contributed by atoms with Crippen molar-refractivity contribution in [3.8, 4) is 0 Å². The number of nitrogens with zero attached hydrogens (tertiary/aromatic N) is 1. The maximum Gasteiger partial charge on any atom is 0.443 e. The molecule has 0 saturated heterocycles. The second-order valence-electron chi connectivity index (χ2n) is 7.22. The first kappa shape index (κ1) is 16.6. The minimum Gasteiger partial charge on any atom is -0.439 e. The van der Waals surface area contributed by atoms with Crippen molar-refractivity contribution in [3.63, 3.8) is 0 Å². The van der Waals surface area contributed by atoms with E-state index < -0.39 is 12.1 Å². The van der Waals surface area contributed by atoms with Crippen molar-refractivity contribution in [1.82, 2.24) is 5.06 Å². The topological polar surface area (TPSA) is 55.8 Å². The molecule has 5 nitrogen and oxygen atoms in total. The summed E-state index contributed by atoms with van der Waals surface area (Å²) in [6, 6.07) is 8.54. The highest BCUT2D eigenvalue weighted by Gasteiger charge is 2.55. The first-order valence-corrected chi connectivity index (χ1v) is 8.20. The Bertz CT molecular complexity index is 680. The zero-order valence-corrected chi connectivity index (χ0v) is 14.5. The number of rotatable bonds is 2. The predicted molar refractivity (Wildman–Crippen MR) is 89.0 cm³/mol. The number of benzene rings is 1. The van der Waals surface area contributed by atoms with E-state index in [9.17, 15) is 9.59 Å². The van der Waals surface area contributed by atoms with Crippen LogP contribution in [0.5, 0.6) is 0 Å². The van der Waals surface area contributed by atoms with Gasteiger partial charge in [0.25, 0.3) is 0 Å². The molecule has 0 aliphatic heterocycles. The van der Waals surface area contributed by atoms with Crippen molar-refractivity contribution in [1.29, 1.82) is 0 Å². The molecular weight excluding hydrogens is 306 g/mol. The lowest BCUT2D eigenvalue weighted by molar-refractivity contribution is -0.116. The van der Waals surface area contributed by atoms with Gasteiger partial charge in [-0.25, -0.2) is 9.59 Å². The molecule has 0 unspecified atom stereocenters. The zero-order chi connectivity index (χ0) is 17.5. The van der Waals surface area contributed by atoms with Crippen LogP contribution in [0.25, 0.3) is 0 Å². The highest BCUT2D eigenvalue weighted by molar-refractivity contribution is 5.89. The van der Waals surface area contributed by atoms with Crippen molar-refractivity contribution in [2.45, 2.75) is 33.3 Å². The summed E-state index contributed by atoms with van der Waals surface area (Å²) in [6.07, 6.45) is 2.14. The average molecular weight is 329 g/mol. The summed E-state index contributed by atoms with van der Waals surface area (Å²) in [7, 11) is 1.39. The van der Waals surface area contributed by atoms with Gasteiger partial charge in [-0.05, 0) is 42.9 Å². The minimum absolute atomic E-state index is 0.142. The molecule has 1 saturated carbocycles. The number of amides is 1. The Kier molecular flexibility index (Phi) is 4.11. The average Bonchev–Trinajstić information content (AvgIpc) is 2.54. The van der Waals surface area contributed by atoms with E-state index in [2.05, 4.69) is 20.8 Å². The second kappa shape index (κ2) is 5.96. The summed E-state index contributed by atoms with van der Waals surface area (Å²) < 4.78 is 5.58. The Hall–Kier alpha value is -2.30. The molecule has 3 atom stereocenters. The molecule has 0 heterocycles. The van der Waals surface area contributed by atoms with Gasteiger partial charge in [-0.2, -0.15) is 0 Å². The summed E-state index contributed by atoms with van der Waals surface area (Å²) in [5.74, 6) is 0.300. The molecule has 3 aliphatic rings. The van der Waals surface area contributed by atoms with Crippen LogP contribution in [0.3, 0.4) is 0 Å². The van der Waals surface area contributed by atoms with Gasteiger partial charge in [0.2, 0.25) is 0 Å². The number of hydrogen-bond acceptors (Lipinski definition) is 4. The van der Waals surface area contributed by atoms with E-state index in [1.165, 1.54) is 12.6 Å². The third-order valence-electron chi connectivity index (χ3n) is 5.44. The maximum atomic E-state index is 12.3. The Morgan fingerprint density at radius 1 is 1.21 bits per heavy atom. The molecular formula is C19H23NO4. The Morgan fingerprint density at radius 3 is 2.46 bits per heavy atom. The molecule has 4 rings (SSSR count). The molecule has 0 N–H and O–H groups in total.